The third kappa shape index (κ3) is 5.94. The van der Waals surface area contributed by atoms with Crippen LogP contribution in [0.5, 0.6) is 17.2 Å². The molecule has 3 aromatic rings. The van der Waals surface area contributed by atoms with E-state index in [2.05, 4.69) is 9.72 Å². The van der Waals surface area contributed by atoms with Gasteiger partial charge in [0.05, 0.1) is 16.3 Å². The fourth-order valence-corrected chi connectivity index (χ4v) is 3.85. The molecule has 0 aliphatic rings. The van der Waals surface area contributed by atoms with E-state index in [4.69, 9.17) is 4.74 Å². The average molecular weight is 439 g/mol. The molecule has 0 bridgehead atoms. The second kappa shape index (κ2) is 8.72. The van der Waals surface area contributed by atoms with Crippen LogP contribution in [-0.4, -0.2) is 30.6 Å². The first kappa shape index (κ1) is 21.6. The Morgan fingerprint density at radius 1 is 0.900 bits per heavy atom. The maximum absolute atomic E-state index is 12.5. The van der Waals surface area contributed by atoms with Crippen LogP contribution in [0.1, 0.15) is 11.8 Å². The van der Waals surface area contributed by atoms with Crippen LogP contribution in [-0.2, 0) is 9.84 Å². The molecule has 1 heterocycles. The normalized spacial score (nSPS) is 12.9. The molecule has 30 heavy (non-hydrogen) atoms. The molecule has 1 atom stereocenters. The third-order valence-corrected chi connectivity index (χ3v) is 5.63. The SMILES string of the molecule is O=S(=O)(CC(O)c1ccccn1)c1ccc(Oc2ccc(OC(F)(F)F)cc2)cc1. The van der Waals surface area contributed by atoms with Gasteiger partial charge >= 0.3 is 6.36 Å². The summed E-state index contributed by atoms with van der Waals surface area (Å²) in [5.74, 6) is -0.401. The lowest BCUT2D eigenvalue weighted by molar-refractivity contribution is -0.274. The van der Waals surface area contributed by atoms with E-state index < -0.39 is 28.1 Å². The Balaban J connectivity index is 1.65. The van der Waals surface area contributed by atoms with Crippen molar-refractivity contribution in [3.8, 4) is 17.2 Å². The van der Waals surface area contributed by atoms with Crippen LogP contribution in [0.2, 0.25) is 0 Å². The molecule has 0 spiro atoms. The van der Waals surface area contributed by atoms with Gasteiger partial charge < -0.3 is 14.6 Å². The first-order chi connectivity index (χ1) is 14.1. The molecule has 1 aromatic heterocycles. The lowest BCUT2D eigenvalue weighted by atomic mass is 10.2. The van der Waals surface area contributed by atoms with Gasteiger partial charge in [-0.1, -0.05) is 6.07 Å². The summed E-state index contributed by atoms with van der Waals surface area (Å²) in [6.45, 7) is 0. The lowest BCUT2D eigenvalue weighted by Crippen LogP contribution is -2.16. The molecule has 2 aromatic carbocycles. The highest BCUT2D eigenvalue weighted by Gasteiger charge is 2.31. The van der Waals surface area contributed by atoms with Gasteiger partial charge in [0.2, 0.25) is 0 Å². The highest BCUT2D eigenvalue weighted by Crippen LogP contribution is 2.28. The number of aliphatic hydroxyl groups excluding tert-OH is 1. The van der Waals surface area contributed by atoms with Crippen LogP contribution in [0.3, 0.4) is 0 Å². The minimum atomic E-state index is -4.78. The van der Waals surface area contributed by atoms with Gasteiger partial charge in [0.1, 0.15) is 23.4 Å². The lowest BCUT2D eigenvalue weighted by Gasteiger charge is -2.12. The molecule has 0 radical (unpaired) electrons. The van der Waals surface area contributed by atoms with Crippen LogP contribution < -0.4 is 9.47 Å². The van der Waals surface area contributed by atoms with E-state index in [9.17, 15) is 26.7 Å². The number of hydrogen-bond acceptors (Lipinski definition) is 6. The monoisotopic (exact) mass is 439 g/mol. The van der Waals surface area contributed by atoms with Crippen molar-refractivity contribution in [2.75, 3.05) is 5.75 Å². The summed E-state index contributed by atoms with van der Waals surface area (Å²) in [5, 5.41) is 10.1. The van der Waals surface area contributed by atoms with E-state index in [0.717, 1.165) is 12.1 Å². The highest BCUT2D eigenvalue weighted by molar-refractivity contribution is 7.91. The number of alkyl halides is 3. The van der Waals surface area contributed by atoms with Crippen molar-refractivity contribution in [1.82, 2.24) is 4.98 Å². The van der Waals surface area contributed by atoms with Crippen LogP contribution in [0.4, 0.5) is 13.2 Å². The van der Waals surface area contributed by atoms with Gasteiger partial charge in [-0.05, 0) is 60.7 Å². The van der Waals surface area contributed by atoms with E-state index in [0.29, 0.717) is 0 Å². The Morgan fingerprint density at radius 3 is 2.00 bits per heavy atom. The highest BCUT2D eigenvalue weighted by atomic mass is 32.2. The first-order valence-corrected chi connectivity index (χ1v) is 10.2. The van der Waals surface area contributed by atoms with E-state index in [1.54, 1.807) is 12.1 Å². The summed E-state index contributed by atoms with van der Waals surface area (Å²) in [7, 11) is -3.79. The zero-order chi connectivity index (χ0) is 21.8. The summed E-state index contributed by atoms with van der Waals surface area (Å²) in [5.41, 5.74) is 0.249. The molecule has 0 saturated carbocycles. The van der Waals surface area contributed by atoms with Crippen LogP contribution in [0, 0.1) is 0 Å². The fourth-order valence-electron chi connectivity index (χ4n) is 2.52. The van der Waals surface area contributed by atoms with Crippen molar-refractivity contribution in [3.63, 3.8) is 0 Å². The van der Waals surface area contributed by atoms with Crippen molar-refractivity contribution >= 4 is 9.84 Å². The Kier molecular flexibility index (Phi) is 6.28. The maximum Gasteiger partial charge on any atom is 0.573 e. The summed E-state index contributed by atoms with van der Waals surface area (Å²) in [6, 6.07) is 15.0. The standard InChI is InChI=1S/C20H16F3NO5S/c21-20(22,23)29-16-6-4-14(5-7-16)28-15-8-10-17(11-9-15)30(26,27)13-19(25)18-3-1-2-12-24-18/h1-12,19,25H,13H2. The van der Waals surface area contributed by atoms with Gasteiger partial charge in [0, 0.05) is 6.20 Å². The van der Waals surface area contributed by atoms with Crippen molar-refractivity contribution < 1.29 is 36.2 Å². The second-order valence-corrected chi connectivity index (χ2v) is 8.18. The summed E-state index contributed by atoms with van der Waals surface area (Å²) in [4.78, 5) is 3.92. The second-order valence-electron chi connectivity index (χ2n) is 6.14. The van der Waals surface area contributed by atoms with Gasteiger partial charge in [-0.25, -0.2) is 8.42 Å². The molecule has 3 rings (SSSR count). The minimum absolute atomic E-state index is 0.0150. The largest absolute Gasteiger partial charge is 0.573 e. The van der Waals surface area contributed by atoms with Gasteiger partial charge in [0.25, 0.3) is 0 Å². The number of rotatable bonds is 7. The van der Waals surface area contributed by atoms with Gasteiger partial charge in [-0.15, -0.1) is 13.2 Å². The number of nitrogens with zero attached hydrogens (tertiary/aromatic N) is 1. The molecule has 0 fully saturated rings. The Hall–Kier alpha value is -3.11. The van der Waals surface area contributed by atoms with E-state index in [-0.39, 0.29) is 27.8 Å². The number of hydrogen-bond donors (Lipinski definition) is 1. The Bertz CT molecular complexity index is 1070. The molecule has 6 nitrogen and oxygen atoms in total. The van der Waals surface area contributed by atoms with Crippen molar-refractivity contribution in [1.29, 1.82) is 0 Å². The third-order valence-electron chi connectivity index (χ3n) is 3.88. The van der Waals surface area contributed by atoms with Crippen LogP contribution >= 0.6 is 0 Å². The van der Waals surface area contributed by atoms with Crippen molar-refractivity contribution in [3.05, 3.63) is 78.6 Å². The van der Waals surface area contributed by atoms with Gasteiger partial charge in [0.15, 0.2) is 9.84 Å². The Morgan fingerprint density at radius 2 is 1.47 bits per heavy atom. The number of ether oxygens (including phenoxy) is 2. The molecular formula is C20H16F3NO5S. The number of sulfone groups is 1. The van der Waals surface area contributed by atoms with E-state index in [1.165, 1.54) is 48.7 Å². The topological polar surface area (TPSA) is 85.7 Å². The number of halogens is 3. The zero-order valence-electron chi connectivity index (χ0n) is 15.3. The average Bonchev–Trinajstić information content (AvgIpc) is 2.69. The summed E-state index contributed by atoms with van der Waals surface area (Å²) >= 11 is 0. The predicted octanol–water partition coefficient (Wildman–Crippen LogP) is 4.28. The molecule has 1 unspecified atom stereocenters. The number of aromatic nitrogens is 1. The minimum Gasteiger partial charge on any atom is -0.457 e. The van der Waals surface area contributed by atoms with E-state index in [1.807, 2.05) is 0 Å². The molecular weight excluding hydrogens is 423 g/mol. The Labute approximate surface area is 170 Å². The number of aliphatic hydroxyl groups is 1. The molecule has 0 aliphatic heterocycles. The zero-order valence-corrected chi connectivity index (χ0v) is 16.1. The fraction of sp³-hybridized carbons (Fsp3) is 0.150. The number of pyridine rings is 1. The summed E-state index contributed by atoms with van der Waals surface area (Å²) in [6.07, 6.45) is -4.60. The quantitative estimate of drug-likeness (QED) is 0.592. The molecule has 0 saturated heterocycles. The number of benzene rings is 2. The van der Waals surface area contributed by atoms with Gasteiger partial charge in [-0.3, -0.25) is 4.98 Å². The van der Waals surface area contributed by atoms with E-state index >= 15 is 0 Å². The smallest absolute Gasteiger partial charge is 0.457 e. The molecule has 0 amide bonds. The molecule has 158 valence electrons. The first-order valence-electron chi connectivity index (χ1n) is 8.58. The van der Waals surface area contributed by atoms with Gasteiger partial charge in [-0.2, -0.15) is 0 Å². The van der Waals surface area contributed by atoms with Crippen molar-refractivity contribution in [2.45, 2.75) is 17.4 Å². The van der Waals surface area contributed by atoms with Crippen LogP contribution in [0.25, 0.3) is 0 Å². The van der Waals surface area contributed by atoms with Crippen LogP contribution in [0.15, 0.2) is 77.8 Å². The molecule has 0 aliphatic carbocycles. The van der Waals surface area contributed by atoms with Crippen molar-refractivity contribution in [2.24, 2.45) is 0 Å². The predicted molar refractivity (Wildman–Crippen MR) is 101 cm³/mol. The summed E-state index contributed by atoms with van der Waals surface area (Å²) < 4.78 is 70.8. The maximum atomic E-state index is 12.5. The molecule has 10 heteroatoms. The molecule has 1 N–H and O–H groups in total.